The van der Waals surface area contributed by atoms with Crippen LogP contribution in [0.5, 0.6) is 0 Å². The molecule has 0 heterocycles. The highest BCUT2D eigenvalue weighted by Gasteiger charge is 2.11. The van der Waals surface area contributed by atoms with E-state index >= 15 is 0 Å². The number of amides is 1. The first-order chi connectivity index (χ1) is 14.0. The van der Waals surface area contributed by atoms with Crippen molar-refractivity contribution in [1.82, 2.24) is 0 Å². The van der Waals surface area contributed by atoms with Crippen LogP contribution < -0.4 is 5.32 Å². The second-order valence-corrected chi connectivity index (χ2v) is 7.82. The second-order valence-electron chi connectivity index (χ2n) is 6.56. The van der Waals surface area contributed by atoms with Crippen LogP contribution in [0.1, 0.15) is 22.3 Å². The summed E-state index contributed by atoms with van der Waals surface area (Å²) < 4.78 is 0.891. The summed E-state index contributed by atoms with van der Waals surface area (Å²) in [7, 11) is 0. The Balaban J connectivity index is 1.80. The van der Waals surface area contributed by atoms with Crippen molar-refractivity contribution in [3.63, 3.8) is 0 Å². The van der Waals surface area contributed by atoms with Crippen molar-refractivity contribution in [2.24, 2.45) is 0 Å². The highest BCUT2D eigenvalue weighted by atomic mass is 79.9. The van der Waals surface area contributed by atoms with Gasteiger partial charge in [-0.2, -0.15) is 5.26 Å². The zero-order valence-electron chi connectivity index (χ0n) is 15.7. The number of rotatable bonds is 5. The number of nitrogens with one attached hydrogen (secondary N) is 1. The first-order valence-electron chi connectivity index (χ1n) is 8.98. The Morgan fingerprint density at radius 1 is 1.10 bits per heavy atom. The maximum atomic E-state index is 12.5. The van der Waals surface area contributed by atoms with Gasteiger partial charge in [0.25, 0.3) is 5.91 Å². The number of nitrogens with zero attached hydrogens (tertiary/aromatic N) is 1. The van der Waals surface area contributed by atoms with Gasteiger partial charge in [-0.15, -0.1) is 0 Å². The number of carbonyl (C=O) groups is 1. The SMILES string of the molecule is Cc1ccccc1NC(=O)/C(C#N)=C/c1ccc(Cc2ccccc2Cl)c(Br)c1. The summed E-state index contributed by atoms with van der Waals surface area (Å²) in [5, 5.41) is 13.0. The Hall–Kier alpha value is -2.87. The molecule has 0 radical (unpaired) electrons. The summed E-state index contributed by atoms with van der Waals surface area (Å²) in [6, 6.07) is 22.9. The van der Waals surface area contributed by atoms with Crippen molar-refractivity contribution in [1.29, 1.82) is 5.26 Å². The highest BCUT2D eigenvalue weighted by molar-refractivity contribution is 9.10. The number of aryl methyl sites for hydroxylation is 1. The lowest BCUT2D eigenvalue weighted by Crippen LogP contribution is -2.14. The van der Waals surface area contributed by atoms with Crippen molar-refractivity contribution >= 4 is 45.2 Å². The minimum atomic E-state index is -0.432. The van der Waals surface area contributed by atoms with Crippen LogP contribution in [0.3, 0.4) is 0 Å². The number of hydrogen-bond acceptors (Lipinski definition) is 2. The Labute approximate surface area is 183 Å². The van der Waals surface area contributed by atoms with E-state index in [0.29, 0.717) is 12.1 Å². The van der Waals surface area contributed by atoms with Crippen molar-refractivity contribution < 1.29 is 4.79 Å². The van der Waals surface area contributed by atoms with Gasteiger partial charge in [0.2, 0.25) is 0 Å². The minimum absolute atomic E-state index is 0.0407. The third-order valence-electron chi connectivity index (χ3n) is 4.49. The van der Waals surface area contributed by atoms with Gasteiger partial charge in [0.15, 0.2) is 0 Å². The summed E-state index contributed by atoms with van der Waals surface area (Å²) in [6.07, 6.45) is 2.26. The Bertz CT molecular complexity index is 1130. The van der Waals surface area contributed by atoms with E-state index in [1.807, 2.05) is 79.7 Å². The molecule has 0 saturated heterocycles. The van der Waals surface area contributed by atoms with E-state index in [1.165, 1.54) is 0 Å². The number of benzene rings is 3. The molecule has 0 bridgehead atoms. The normalized spacial score (nSPS) is 11.0. The van der Waals surface area contributed by atoms with Crippen LogP contribution in [0.2, 0.25) is 5.02 Å². The zero-order chi connectivity index (χ0) is 20.8. The lowest BCUT2D eigenvalue weighted by molar-refractivity contribution is -0.112. The van der Waals surface area contributed by atoms with Gasteiger partial charge in [0.05, 0.1) is 0 Å². The fourth-order valence-electron chi connectivity index (χ4n) is 2.86. The van der Waals surface area contributed by atoms with Gasteiger partial charge in [0.1, 0.15) is 11.6 Å². The molecule has 0 aliphatic heterocycles. The number of para-hydroxylation sites is 1. The lowest BCUT2D eigenvalue weighted by atomic mass is 10.0. The van der Waals surface area contributed by atoms with Crippen LogP contribution in [0.4, 0.5) is 5.69 Å². The summed E-state index contributed by atoms with van der Waals surface area (Å²) in [6.45, 7) is 1.90. The van der Waals surface area contributed by atoms with E-state index in [2.05, 4.69) is 21.2 Å². The molecule has 3 rings (SSSR count). The molecule has 0 atom stereocenters. The van der Waals surface area contributed by atoms with Gasteiger partial charge in [-0.3, -0.25) is 4.79 Å². The summed E-state index contributed by atoms with van der Waals surface area (Å²) >= 11 is 9.84. The summed E-state index contributed by atoms with van der Waals surface area (Å²) in [5.41, 5.74) is 4.53. The molecule has 0 saturated carbocycles. The van der Waals surface area contributed by atoms with Crippen molar-refractivity contribution in [2.45, 2.75) is 13.3 Å². The first-order valence-corrected chi connectivity index (χ1v) is 10.2. The van der Waals surface area contributed by atoms with E-state index < -0.39 is 5.91 Å². The molecule has 0 unspecified atom stereocenters. The molecule has 3 nitrogen and oxygen atoms in total. The molecule has 144 valence electrons. The minimum Gasteiger partial charge on any atom is -0.321 e. The Morgan fingerprint density at radius 2 is 1.83 bits per heavy atom. The molecular formula is C24H18BrClN2O. The van der Waals surface area contributed by atoms with E-state index in [1.54, 1.807) is 6.08 Å². The number of hydrogen-bond donors (Lipinski definition) is 1. The molecule has 0 aromatic heterocycles. The molecule has 0 fully saturated rings. The Kier molecular flexibility index (Phi) is 6.87. The molecule has 5 heteroatoms. The number of halogens is 2. The van der Waals surface area contributed by atoms with Crippen LogP contribution in [0.25, 0.3) is 6.08 Å². The smallest absolute Gasteiger partial charge is 0.266 e. The fourth-order valence-corrected chi connectivity index (χ4v) is 3.60. The summed E-state index contributed by atoms with van der Waals surface area (Å²) in [4.78, 5) is 12.5. The monoisotopic (exact) mass is 464 g/mol. The van der Waals surface area contributed by atoms with E-state index in [-0.39, 0.29) is 5.57 Å². The molecule has 3 aromatic rings. The average molecular weight is 466 g/mol. The summed E-state index contributed by atoms with van der Waals surface area (Å²) in [5.74, 6) is -0.432. The quantitative estimate of drug-likeness (QED) is 0.343. The van der Waals surface area contributed by atoms with Crippen molar-refractivity contribution in [3.05, 3.63) is 104 Å². The predicted molar refractivity (Wildman–Crippen MR) is 122 cm³/mol. The molecular weight excluding hydrogens is 448 g/mol. The molecule has 29 heavy (non-hydrogen) atoms. The molecule has 0 aliphatic rings. The maximum Gasteiger partial charge on any atom is 0.266 e. The number of carbonyl (C=O) groups excluding carboxylic acids is 1. The van der Waals surface area contributed by atoms with Gasteiger partial charge in [-0.05, 0) is 53.5 Å². The van der Waals surface area contributed by atoms with E-state index in [4.69, 9.17) is 11.6 Å². The highest BCUT2D eigenvalue weighted by Crippen LogP contribution is 2.26. The topological polar surface area (TPSA) is 52.9 Å². The molecule has 1 amide bonds. The van der Waals surface area contributed by atoms with E-state index in [9.17, 15) is 10.1 Å². The molecule has 1 N–H and O–H groups in total. The van der Waals surface area contributed by atoms with Gasteiger partial charge < -0.3 is 5.32 Å². The number of nitriles is 1. The molecule has 3 aromatic carbocycles. The largest absolute Gasteiger partial charge is 0.321 e. The third-order valence-corrected chi connectivity index (χ3v) is 5.59. The Morgan fingerprint density at radius 3 is 2.52 bits per heavy atom. The first kappa shape index (κ1) is 20.9. The van der Waals surface area contributed by atoms with Crippen LogP contribution in [0.15, 0.2) is 76.8 Å². The third kappa shape index (κ3) is 5.35. The molecule has 0 aliphatic carbocycles. The van der Waals surface area contributed by atoms with Gasteiger partial charge in [0, 0.05) is 21.6 Å². The number of anilines is 1. The fraction of sp³-hybridized carbons (Fsp3) is 0.0833. The standard InChI is InChI=1S/C24H18BrClN2O/c1-16-6-2-5-9-23(16)28-24(29)20(15-27)12-17-10-11-18(21(25)13-17)14-19-7-3-4-8-22(19)26/h2-13H,14H2,1H3,(H,28,29)/b20-12+. The molecule has 0 spiro atoms. The van der Waals surface area contributed by atoms with Gasteiger partial charge in [-0.1, -0.05) is 76.1 Å². The van der Waals surface area contributed by atoms with Gasteiger partial charge in [-0.25, -0.2) is 0 Å². The maximum absolute atomic E-state index is 12.5. The predicted octanol–water partition coefficient (Wildman–Crippen LogP) is 6.55. The van der Waals surface area contributed by atoms with Crippen molar-refractivity contribution in [3.8, 4) is 6.07 Å². The lowest BCUT2D eigenvalue weighted by Gasteiger charge is -2.09. The second kappa shape index (κ2) is 9.56. The van der Waals surface area contributed by atoms with Crippen molar-refractivity contribution in [2.75, 3.05) is 5.32 Å². The van der Waals surface area contributed by atoms with Crippen LogP contribution in [-0.2, 0) is 11.2 Å². The average Bonchev–Trinajstić information content (AvgIpc) is 2.71. The zero-order valence-corrected chi connectivity index (χ0v) is 18.1. The van der Waals surface area contributed by atoms with Crippen LogP contribution >= 0.6 is 27.5 Å². The van der Waals surface area contributed by atoms with Crippen LogP contribution in [-0.4, -0.2) is 5.91 Å². The van der Waals surface area contributed by atoms with E-state index in [0.717, 1.165) is 31.7 Å². The van der Waals surface area contributed by atoms with Crippen LogP contribution in [0, 0.1) is 18.3 Å². The van der Waals surface area contributed by atoms with Gasteiger partial charge >= 0.3 is 0 Å².